The number of fused-ring (bicyclic) bond motifs is 3. The Labute approximate surface area is 198 Å². The van der Waals surface area contributed by atoms with Gasteiger partial charge in [-0.2, -0.15) is 5.10 Å². The second-order valence-electron chi connectivity index (χ2n) is 9.00. The minimum Gasteiger partial charge on any atom is -0.370 e. The van der Waals surface area contributed by atoms with Crippen LogP contribution in [0.2, 0.25) is 0 Å². The number of imidazole rings is 1. The van der Waals surface area contributed by atoms with E-state index in [4.69, 9.17) is 4.98 Å². The summed E-state index contributed by atoms with van der Waals surface area (Å²) in [5.41, 5.74) is 7.17. The number of likely N-dealkylation sites (N-methyl/N-ethyl adjacent to an activating group) is 1. The van der Waals surface area contributed by atoms with E-state index < -0.39 is 0 Å². The monoisotopic (exact) mass is 452 g/mol. The Bertz CT molecular complexity index is 1450. The minimum atomic E-state index is 0.746. The molecule has 0 unspecified atom stereocenters. The van der Waals surface area contributed by atoms with Gasteiger partial charge in [0.25, 0.3) is 0 Å². The summed E-state index contributed by atoms with van der Waals surface area (Å²) in [7, 11) is 4.13. The number of rotatable bonds is 4. The van der Waals surface area contributed by atoms with Gasteiger partial charge in [0.15, 0.2) is 11.5 Å². The molecule has 5 aromatic rings. The average molecular weight is 453 g/mol. The zero-order valence-corrected chi connectivity index (χ0v) is 19.5. The van der Waals surface area contributed by atoms with Gasteiger partial charge in [0.05, 0.1) is 17.2 Å². The number of benzene rings is 2. The highest BCUT2D eigenvalue weighted by atomic mass is 15.2. The summed E-state index contributed by atoms with van der Waals surface area (Å²) in [6.07, 6.45) is 8.89. The van der Waals surface area contributed by atoms with E-state index >= 15 is 0 Å². The highest BCUT2D eigenvalue weighted by Gasteiger charge is 2.14. The van der Waals surface area contributed by atoms with Crippen molar-refractivity contribution in [3.05, 3.63) is 67.3 Å². The molecule has 4 heterocycles. The number of aromatic nitrogens is 5. The van der Waals surface area contributed by atoms with Gasteiger partial charge in [0, 0.05) is 62.2 Å². The highest BCUT2D eigenvalue weighted by Crippen LogP contribution is 2.28. The van der Waals surface area contributed by atoms with E-state index in [0.29, 0.717) is 0 Å². The molecule has 0 saturated carbocycles. The zero-order valence-electron chi connectivity index (χ0n) is 19.5. The molecule has 0 spiro atoms. The SMILES string of the molecule is CN1CCCN(c2ccc(Nc3nc4ccc(-c5cnn(C)c5)cc4n4ccnc34)cc2)CC1. The second kappa shape index (κ2) is 8.46. The van der Waals surface area contributed by atoms with Gasteiger partial charge in [0.1, 0.15) is 0 Å². The topological polar surface area (TPSA) is 66.5 Å². The maximum absolute atomic E-state index is 4.91. The predicted molar refractivity (Wildman–Crippen MR) is 137 cm³/mol. The average Bonchev–Trinajstić information content (AvgIpc) is 3.46. The number of nitrogens with zero attached hydrogens (tertiary/aromatic N) is 7. The molecule has 0 amide bonds. The fourth-order valence-corrected chi connectivity index (χ4v) is 4.69. The van der Waals surface area contributed by atoms with Crippen molar-refractivity contribution in [3.63, 3.8) is 0 Å². The summed E-state index contributed by atoms with van der Waals surface area (Å²) < 4.78 is 3.90. The molecule has 172 valence electrons. The van der Waals surface area contributed by atoms with Crippen molar-refractivity contribution in [3.8, 4) is 11.1 Å². The summed E-state index contributed by atoms with van der Waals surface area (Å²) in [4.78, 5) is 14.4. The van der Waals surface area contributed by atoms with Crippen LogP contribution in [-0.2, 0) is 7.05 Å². The summed E-state index contributed by atoms with van der Waals surface area (Å²) in [6.45, 7) is 4.42. The van der Waals surface area contributed by atoms with Crippen LogP contribution < -0.4 is 10.2 Å². The summed E-state index contributed by atoms with van der Waals surface area (Å²) in [5, 5.41) is 7.79. The maximum atomic E-state index is 4.91. The molecule has 0 radical (unpaired) electrons. The molecule has 8 heteroatoms. The van der Waals surface area contributed by atoms with Crippen molar-refractivity contribution >= 4 is 33.9 Å². The van der Waals surface area contributed by atoms with Gasteiger partial charge in [-0.05, 0) is 62.0 Å². The van der Waals surface area contributed by atoms with Crippen LogP contribution in [0.1, 0.15) is 6.42 Å². The van der Waals surface area contributed by atoms with E-state index in [1.54, 1.807) is 0 Å². The third-order valence-electron chi connectivity index (χ3n) is 6.57. The Hall–Kier alpha value is -3.91. The van der Waals surface area contributed by atoms with Crippen LogP contribution in [0.25, 0.3) is 27.8 Å². The van der Waals surface area contributed by atoms with Gasteiger partial charge >= 0.3 is 0 Å². The van der Waals surface area contributed by atoms with Crippen LogP contribution in [0, 0.1) is 0 Å². The molecular weight excluding hydrogens is 424 g/mol. The predicted octanol–water partition coefficient (Wildman–Crippen LogP) is 4.17. The lowest BCUT2D eigenvalue weighted by Gasteiger charge is -2.23. The molecular formula is C26H28N8. The van der Waals surface area contributed by atoms with E-state index in [1.165, 1.54) is 12.1 Å². The first-order valence-electron chi connectivity index (χ1n) is 11.7. The lowest BCUT2D eigenvalue weighted by molar-refractivity contribution is 0.360. The number of nitrogens with one attached hydrogen (secondary N) is 1. The van der Waals surface area contributed by atoms with Crippen LogP contribution in [0.3, 0.4) is 0 Å². The largest absolute Gasteiger partial charge is 0.370 e. The first kappa shape index (κ1) is 20.7. The van der Waals surface area contributed by atoms with Crippen LogP contribution in [-0.4, -0.2) is 62.3 Å². The molecule has 3 aromatic heterocycles. The van der Waals surface area contributed by atoms with Gasteiger partial charge in [0.2, 0.25) is 0 Å². The zero-order chi connectivity index (χ0) is 23.1. The second-order valence-corrected chi connectivity index (χ2v) is 9.00. The van der Waals surface area contributed by atoms with E-state index in [0.717, 1.165) is 65.5 Å². The Kier molecular flexibility index (Phi) is 5.15. The Morgan fingerprint density at radius 1 is 0.912 bits per heavy atom. The fourth-order valence-electron chi connectivity index (χ4n) is 4.69. The first-order valence-corrected chi connectivity index (χ1v) is 11.7. The van der Waals surface area contributed by atoms with Crippen molar-refractivity contribution in [1.29, 1.82) is 0 Å². The molecule has 6 rings (SSSR count). The number of anilines is 3. The van der Waals surface area contributed by atoms with Crippen molar-refractivity contribution < 1.29 is 0 Å². The summed E-state index contributed by atoms with van der Waals surface area (Å²) in [6, 6.07) is 14.9. The van der Waals surface area contributed by atoms with Crippen LogP contribution in [0.15, 0.2) is 67.3 Å². The van der Waals surface area contributed by atoms with Crippen LogP contribution in [0.5, 0.6) is 0 Å². The standard InChI is InChI=1S/C26H28N8/c1-31-11-3-12-33(15-14-31)22-7-5-21(6-8-22)29-25-26-27-10-13-34(26)24-16-19(4-9-23(24)30-25)20-17-28-32(2)18-20/h4-10,13,16-18H,3,11-12,14-15H2,1-2H3,(H,29,30). The molecule has 0 aliphatic carbocycles. The Morgan fingerprint density at radius 2 is 1.79 bits per heavy atom. The molecule has 2 aromatic carbocycles. The van der Waals surface area contributed by atoms with E-state index in [9.17, 15) is 0 Å². The number of hydrogen-bond acceptors (Lipinski definition) is 6. The Balaban J connectivity index is 1.30. The lowest BCUT2D eigenvalue weighted by atomic mass is 10.1. The Morgan fingerprint density at radius 3 is 2.62 bits per heavy atom. The van der Waals surface area contributed by atoms with Gasteiger partial charge in [-0.25, -0.2) is 9.97 Å². The molecule has 0 bridgehead atoms. The summed E-state index contributed by atoms with van der Waals surface area (Å²) in [5.74, 6) is 0.746. The van der Waals surface area contributed by atoms with Crippen molar-refractivity contribution in [2.45, 2.75) is 6.42 Å². The molecule has 1 saturated heterocycles. The maximum Gasteiger partial charge on any atom is 0.180 e. The van der Waals surface area contributed by atoms with E-state index in [-0.39, 0.29) is 0 Å². The van der Waals surface area contributed by atoms with Gasteiger partial charge < -0.3 is 15.1 Å². The third-order valence-corrected chi connectivity index (χ3v) is 6.57. The molecule has 1 N–H and O–H groups in total. The lowest BCUT2D eigenvalue weighted by Crippen LogP contribution is -2.28. The van der Waals surface area contributed by atoms with Crippen LogP contribution >= 0.6 is 0 Å². The van der Waals surface area contributed by atoms with Crippen molar-refractivity contribution in [1.82, 2.24) is 29.0 Å². The van der Waals surface area contributed by atoms with Gasteiger partial charge in [-0.1, -0.05) is 6.07 Å². The number of hydrogen-bond donors (Lipinski definition) is 1. The van der Waals surface area contributed by atoms with Crippen LogP contribution in [0.4, 0.5) is 17.2 Å². The quantitative estimate of drug-likeness (QED) is 0.442. The van der Waals surface area contributed by atoms with Gasteiger partial charge in [-0.3, -0.25) is 9.08 Å². The normalized spacial score (nSPS) is 15.2. The molecule has 34 heavy (non-hydrogen) atoms. The molecule has 1 fully saturated rings. The minimum absolute atomic E-state index is 0.746. The smallest absolute Gasteiger partial charge is 0.180 e. The molecule has 1 aliphatic rings. The molecule has 8 nitrogen and oxygen atoms in total. The van der Waals surface area contributed by atoms with Crippen molar-refractivity contribution in [2.24, 2.45) is 7.05 Å². The van der Waals surface area contributed by atoms with E-state index in [1.807, 2.05) is 36.5 Å². The fraction of sp³-hybridized carbons (Fsp3) is 0.269. The third kappa shape index (κ3) is 3.86. The van der Waals surface area contributed by atoms with Crippen molar-refractivity contribution in [2.75, 3.05) is 43.4 Å². The summed E-state index contributed by atoms with van der Waals surface area (Å²) >= 11 is 0. The molecule has 1 aliphatic heterocycles. The van der Waals surface area contributed by atoms with Gasteiger partial charge in [-0.15, -0.1) is 0 Å². The first-order chi connectivity index (χ1) is 16.6. The molecule has 0 atom stereocenters. The van der Waals surface area contributed by atoms with E-state index in [2.05, 4.69) is 79.1 Å². The number of aryl methyl sites for hydroxylation is 1. The highest BCUT2D eigenvalue weighted by molar-refractivity contribution is 5.87.